The van der Waals surface area contributed by atoms with Crippen LogP contribution in [0.1, 0.15) is 18.9 Å². The van der Waals surface area contributed by atoms with E-state index in [1.807, 2.05) is 19.1 Å². The summed E-state index contributed by atoms with van der Waals surface area (Å²) in [6.07, 6.45) is 2.43. The van der Waals surface area contributed by atoms with Crippen LogP contribution >= 0.6 is 0 Å². The number of guanidine groups is 1. The molecular weight excluding hydrogens is 335 g/mol. The lowest BCUT2D eigenvalue weighted by molar-refractivity contribution is 0.199. The van der Waals surface area contributed by atoms with Crippen molar-refractivity contribution in [3.63, 3.8) is 0 Å². The van der Waals surface area contributed by atoms with Gasteiger partial charge < -0.3 is 20.1 Å². The molecular formula is C19H25FN4O2. The molecule has 0 radical (unpaired) electrons. The normalized spacial score (nSPS) is 12.4. The molecule has 1 aromatic heterocycles. The van der Waals surface area contributed by atoms with Gasteiger partial charge in [0.2, 0.25) is 5.88 Å². The third-order valence-corrected chi connectivity index (χ3v) is 3.74. The molecule has 2 aromatic rings. The number of halogens is 1. The molecule has 0 spiro atoms. The van der Waals surface area contributed by atoms with E-state index in [1.54, 1.807) is 32.5 Å². The lowest BCUT2D eigenvalue weighted by Crippen LogP contribution is -2.42. The van der Waals surface area contributed by atoms with Gasteiger partial charge in [-0.25, -0.2) is 9.37 Å². The number of aliphatic imine (C=N–C) groups is 1. The van der Waals surface area contributed by atoms with Gasteiger partial charge in [0.1, 0.15) is 17.7 Å². The van der Waals surface area contributed by atoms with Crippen LogP contribution in [0.25, 0.3) is 0 Å². The van der Waals surface area contributed by atoms with Crippen LogP contribution in [-0.2, 0) is 6.54 Å². The predicted octanol–water partition coefficient (Wildman–Crippen LogP) is 2.75. The summed E-state index contributed by atoms with van der Waals surface area (Å²) in [5, 5.41) is 6.44. The van der Waals surface area contributed by atoms with Gasteiger partial charge in [0.15, 0.2) is 5.96 Å². The summed E-state index contributed by atoms with van der Waals surface area (Å²) in [6.45, 7) is 3.15. The summed E-state index contributed by atoms with van der Waals surface area (Å²) in [5.41, 5.74) is 1.01. The Morgan fingerprint density at radius 1 is 1.27 bits per heavy atom. The summed E-state index contributed by atoms with van der Waals surface area (Å²) >= 11 is 0. The van der Waals surface area contributed by atoms with Crippen molar-refractivity contribution in [1.82, 2.24) is 15.6 Å². The fraction of sp³-hybridized carbons (Fsp3) is 0.368. The first-order valence-electron chi connectivity index (χ1n) is 8.50. The molecule has 0 saturated heterocycles. The number of methoxy groups -OCH3 is 1. The van der Waals surface area contributed by atoms with Gasteiger partial charge >= 0.3 is 0 Å². The predicted molar refractivity (Wildman–Crippen MR) is 100 cm³/mol. The SMILES string of the molecule is CCC(CNC(=NC)NCc1ccc(OC)nc1)Oc1cccc(F)c1. The van der Waals surface area contributed by atoms with Gasteiger partial charge in [-0.15, -0.1) is 0 Å². The second-order valence-electron chi connectivity index (χ2n) is 5.62. The van der Waals surface area contributed by atoms with Crippen LogP contribution in [0.4, 0.5) is 4.39 Å². The number of hydrogen-bond acceptors (Lipinski definition) is 4. The average molecular weight is 360 g/mol. The molecule has 0 bridgehead atoms. The average Bonchev–Trinajstić information content (AvgIpc) is 2.67. The Bertz CT molecular complexity index is 707. The monoisotopic (exact) mass is 360 g/mol. The van der Waals surface area contributed by atoms with Gasteiger partial charge in [-0.1, -0.05) is 19.1 Å². The molecule has 1 atom stereocenters. The molecule has 0 aliphatic rings. The first-order valence-corrected chi connectivity index (χ1v) is 8.50. The van der Waals surface area contributed by atoms with Gasteiger partial charge in [0.05, 0.1) is 13.7 Å². The van der Waals surface area contributed by atoms with E-state index in [0.717, 1.165) is 12.0 Å². The summed E-state index contributed by atoms with van der Waals surface area (Å²) in [7, 11) is 3.29. The molecule has 2 N–H and O–H groups in total. The molecule has 26 heavy (non-hydrogen) atoms. The van der Waals surface area contributed by atoms with Crippen LogP contribution in [0.3, 0.4) is 0 Å². The lowest BCUT2D eigenvalue weighted by atomic mass is 10.2. The zero-order valence-electron chi connectivity index (χ0n) is 15.3. The number of aromatic nitrogens is 1. The Labute approximate surface area is 153 Å². The zero-order chi connectivity index (χ0) is 18.8. The second-order valence-corrected chi connectivity index (χ2v) is 5.62. The van der Waals surface area contributed by atoms with Crippen molar-refractivity contribution in [1.29, 1.82) is 0 Å². The standard InChI is InChI=1S/C19H25FN4O2/c1-4-16(26-17-7-5-6-15(20)10-17)13-24-19(21-2)23-12-14-8-9-18(25-3)22-11-14/h5-11,16H,4,12-13H2,1-3H3,(H2,21,23,24). The molecule has 6 nitrogen and oxygen atoms in total. The van der Waals surface area contributed by atoms with Gasteiger partial charge in [0.25, 0.3) is 0 Å². The Morgan fingerprint density at radius 2 is 2.12 bits per heavy atom. The van der Waals surface area contributed by atoms with Crippen molar-refractivity contribution < 1.29 is 13.9 Å². The van der Waals surface area contributed by atoms with Crippen molar-refractivity contribution in [2.75, 3.05) is 20.7 Å². The van der Waals surface area contributed by atoms with Crippen LogP contribution in [0.2, 0.25) is 0 Å². The van der Waals surface area contributed by atoms with E-state index in [-0.39, 0.29) is 11.9 Å². The summed E-state index contributed by atoms with van der Waals surface area (Å²) in [6, 6.07) is 9.91. The first kappa shape index (κ1) is 19.5. The Hall–Kier alpha value is -2.83. The van der Waals surface area contributed by atoms with Gasteiger partial charge in [-0.3, -0.25) is 4.99 Å². The van der Waals surface area contributed by atoms with Crippen LogP contribution in [-0.4, -0.2) is 37.7 Å². The second kappa shape index (κ2) is 10.2. The van der Waals surface area contributed by atoms with Gasteiger partial charge in [-0.05, 0) is 24.1 Å². The molecule has 1 aromatic carbocycles. The van der Waals surface area contributed by atoms with E-state index in [1.165, 1.54) is 12.1 Å². The maximum Gasteiger partial charge on any atom is 0.212 e. The van der Waals surface area contributed by atoms with E-state index >= 15 is 0 Å². The maximum atomic E-state index is 13.3. The van der Waals surface area contributed by atoms with Crippen LogP contribution in [0.5, 0.6) is 11.6 Å². The molecule has 0 fully saturated rings. The quantitative estimate of drug-likeness (QED) is 0.560. The van der Waals surface area contributed by atoms with E-state index < -0.39 is 0 Å². The van der Waals surface area contributed by atoms with Gasteiger partial charge in [0, 0.05) is 31.9 Å². The highest BCUT2D eigenvalue weighted by Crippen LogP contribution is 2.14. The van der Waals surface area contributed by atoms with Crippen LogP contribution in [0, 0.1) is 5.82 Å². The number of hydrogen-bond donors (Lipinski definition) is 2. The van der Waals surface area contributed by atoms with Gasteiger partial charge in [-0.2, -0.15) is 0 Å². The minimum Gasteiger partial charge on any atom is -0.489 e. The van der Waals surface area contributed by atoms with Crippen molar-refractivity contribution in [2.24, 2.45) is 4.99 Å². The number of nitrogens with one attached hydrogen (secondary N) is 2. The van der Waals surface area contributed by atoms with Crippen molar-refractivity contribution in [3.05, 3.63) is 54.0 Å². The largest absolute Gasteiger partial charge is 0.489 e. The highest BCUT2D eigenvalue weighted by molar-refractivity contribution is 5.79. The van der Waals surface area contributed by atoms with E-state index in [0.29, 0.717) is 30.7 Å². The first-order chi connectivity index (χ1) is 12.6. The molecule has 0 aliphatic carbocycles. The van der Waals surface area contributed by atoms with Crippen molar-refractivity contribution in [2.45, 2.75) is 26.0 Å². The minimum atomic E-state index is -0.309. The zero-order valence-corrected chi connectivity index (χ0v) is 15.3. The molecule has 1 unspecified atom stereocenters. The molecule has 0 saturated carbocycles. The van der Waals surface area contributed by atoms with Crippen LogP contribution in [0.15, 0.2) is 47.6 Å². The fourth-order valence-corrected chi connectivity index (χ4v) is 2.26. The van der Waals surface area contributed by atoms with E-state index in [4.69, 9.17) is 9.47 Å². The maximum absolute atomic E-state index is 13.3. The third-order valence-electron chi connectivity index (χ3n) is 3.74. The van der Waals surface area contributed by atoms with Crippen LogP contribution < -0.4 is 20.1 Å². The summed E-state index contributed by atoms with van der Waals surface area (Å²) in [4.78, 5) is 8.37. The number of ether oxygens (including phenoxy) is 2. The lowest BCUT2D eigenvalue weighted by Gasteiger charge is -2.20. The highest BCUT2D eigenvalue weighted by atomic mass is 19.1. The molecule has 0 aliphatic heterocycles. The van der Waals surface area contributed by atoms with Crippen molar-refractivity contribution in [3.8, 4) is 11.6 Å². The van der Waals surface area contributed by atoms with Crippen molar-refractivity contribution >= 4 is 5.96 Å². The molecule has 2 rings (SSSR count). The highest BCUT2D eigenvalue weighted by Gasteiger charge is 2.10. The Morgan fingerprint density at radius 3 is 2.73 bits per heavy atom. The third kappa shape index (κ3) is 6.23. The number of nitrogens with zero attached hydrogens (tertiary/aromatic N) is 2. The fourth-order valence-electron chi connectivity index (χ4n) is 2.26. The summed E-state index contributed by atoms with van der Waals surface area (Å²) < 4.78 is 24.1. The molecule has 7 heteroatoms. The smallest absolute Gasteiger partial charge is 0.212 e. The summed E-state index contributed by atoms with van der Waals surface area (Å²) in [5.74, 6) is 1.44. The molecule has 1 heterocycles. The molecule has 0 amide bonds. The minimum absolute atomic E-state index is 0.0991. The van der Waals surface area contributed by atoms with E-state index in [2.05, 4.69) is 20.6 Å². The Balaban J connectivity index is 1.82. The number of benzene rings is 1. The molecule has 140 valence electrons. The topological polar surface area (TPSA) is 67.8 Å². The number of pyridine rings is 1. The Kier molecular flexibility index (Phi) is 7.67. The number of rotatable bonds is 8. The van der Waals surface area contributed by atoms with E-state index in [9.17, 15) is 4.39 Å².